The van der Waals surface area contributed by atoms with Crippen molar-refractivity contribution in [2.45, 2.75) is 31.1 Å². The summed E-state index contributed by atoms with van der Waals surface area (Å²) < 4.78 is 46.4. The second kappa shape index (κ2) is 9.44. The SMILES string of the molecule is CNS(=O)(=O)C1CCCN(C(=O)NC(C)c2ccc(Oc3ccccc3)c(F)c2)C1. The molecule has 0 bridgehead atoms. The molecule has 0 aromatic heterocycles. The van der Waals surface area contributed by atoms with Gasteiger partial charge in [0.05, 0.1) is 11.3 Å². The summed E-state index contributed by atoms with van der Waals surface area (Å²) >= 11 is 0. The van der Waals surface area contributed by atoms with Crippen LogP contribution in [0.3, 0.4) is 0 Å². The van der Waals surface area contributed by atoms with Crippen LogP contribution in [-0.2, 0) is 10.0 Å². The molecule has 30 heavy (non-hydrogen) atoms. The molecule has 0 aliphatic carbocycles. The summed E-state index contributed by atoms with van der Waals surface area (Å²) in [6.07, 6.45) is 1.12. The second-order valence-electron chi connectivity index (χ2n) is 7.24. The maximum absolute atomic E-state index is 14.5. The summed E-state index contributed by atoms with van der Waals surface area (Å²) in [7, 11) is -2.07. The van der Waals surface area contributed by atoms with E-state index in [4.69, 9.17) is 4.74 Å². The number of ether oxygens (including phenoxy) is 1. The number of hydrogen-bond donors (Lipinski definition) is 2. The highest BCUT2D eigenvalue weighted by Gasteiger charge is 2.32. The van der Waals surface area contributed by atoms with E-state index in [1.165, 1.54) is 24.1 Å². The molecule has 2 aromatic rings. The number of likely N-dealkylation sites (tertiary alicyclic amines) is 1. The molecular formula is C21H26FN3O4S. The first-order valence-electron chi connectivity index (χ1n) is 9.80. The number of nitrogens with one attached hydrogen (secondary N) is 2. The Morgan fingerprint density at radius 2 is 1.97 bits per heavy atom. The van der Waals surface area contributed by atoms with Crippen LogP contribution in [0.25, 0.3) is 0 Å². The number of sulfonamides is 1. The zero-order valence-electron chi connectivity index (χ0n) is 17.0. The van der Waals surface area contributed by atoms with Crippen LogP contribution in [0, 0.1) is 5.82 Å². The predicted molar refractivity (Wildman–Crippen MR) is 112 cm³/mol. The lowest BCUT2D eigenvalue weighted by Crippen LogP contribution is -2.51. The number of halogens is 1. The summed E-state index contributed by atoms with van der Waals surface area (Å²) in [4.78, 5) is 14.1. The van der Waals surface area contributed by atoms with E-state index in [0.29, 0.717) is 30.7 Å². The first-order valence-corrected chi connectivity index (χ1v) is 11.3. The van der Waals surface area contributed by atoms with E-state index in [9.17, 15) is 17.6 Å². The Hall–Kier alpha value is -2.65. The molecule has 1 saturated heterocycles. The molecular weight excluding hydrogens is 409 g/mol. The molecule has 3 rings (SSSR count). The number of nitrogens with zero attached hydrogens (tertiary/aromatic N) is 1. The van der Waals surface area contributed by atoms with Gasteiger partial charge in [-0.05, 0) is 56.6 Å². The van der Waals surface area contributed by atoms with E-state index in [1.807, 2.05) is 6.07 Å². The first-order chi connectivity index (χ1) is 14.3. The number of benzene rings is 2. The molecule has 2 amide bonds. The molecule has 2 aromatic carbocycles. The van der Waals surface area contributed by atoms with Gasteiger partial charge in [-0.25, -0.2) is 22.3 Å². The van der Waals surface area contributed by atoms with Gasteiger partial charge < -0.3 is 15.0 Å². The standard InChI is InChI=1S/C21H26FN3O4S/c1-15(24-21(26)25-12-6-9-18(14-25)30(27,28)23-2)16-10-11-20(19(22)13-16)29-17-7-4-3-5-8-17/h3-5,7-8,10-11,13,15,18,23H,6,9,12,14H2,1-2H3,(H,24,26). The van der Waals surface area contributed by atoms with Gasteiger partial charge in [0, 0.05) is 13.1 Å². The van der Waals surface area contributed by atoms with Gasteiger partial charge in [-0.15, -0.1) is 0 Å². The van der Waals surface area contributed by atoms with Crippen LogP contribution >= 0.6 is 0 Å². The van der Waals surface area contributed by atoms with Crippen molar-refractivity contribution in [1.29, 1.82) is 0 Å². The Labute approximate surface area is 176 Å². The fraction of sp³-hybridized carbons (Fsp3) is 0.381. The second-order valence-corrected chi connectivity index (χ2v) is 9.40. The van der Waals surface area contributed by atoms with Gasteiger partial charge in [0.25, 0.3) is 0 Å². The zero-order chi connectivity index (χ0) is 21.7. The third-order valence-electron chi connectivity index (χ3n) is 5.16. The van der Waals surface area contributed by atoms with E-state index >= 15 is 0 Å². The van der Waals surface area contributed by atoms with Crippen molar-refractivity contribution in [3.8, 4) is 11.5 Å². The molecule has 0 saturated carbocycles. The molecule has 0 spiro atoms. The highest BCUT2D eigenvalue weighted by atomic mass is 32.2. The molecule has 1 aliphatic rings. The minimum Gasteiger partial charge on any atom is -0.454 e. The molecule has 1 aliphatic heterocycles. The number of amides is 2. The third-order valence-corrected chi connectivity index (χ3v) is 6.99. The minimum atomic E-state index is -3.44. The minimum absolute atomic E-state index is 0.0969. The number of piperidine rings is 1. The number of para-hydroxylation sites is 1. The van der Waals surface area contributed by atoms with Gasteiger partial charge in [-0.3, -0.25) is 0 Å². The predicted octanol–water partition coefficient (Wildman–Crippen LogP) is 3.40. The van der Waals surface area contributed by atoms with Crippen LogP contribution < -0.4 is 14.8 Å². The van der Waals surface area contributed by atoms with Gasteiger partial charge in [0.15, 0.2) is 11.6 Å². The Morgan fingerprint density at radius 1 is 1.23 bits per heavy atom. The average Bonchev–Trinajstić information content (AvgIpc) is 2.76. The topological polar surface area (TPSA) is 87.7 Å². The summed E-state index contributed by atoms with van der Waals surface area (Å²) in [5, 5.41) is 2.18. The van der Waals surface area contributed by atoms with Crippen molar-refractivity contribution in [3.63, 3.8) is 0 Å². The maximum Gasteiger partial charge on any atom is 0.317 e. The van der Waals surface area contributed by atoms with Crippen molar-refractivity contribution in [2.24, 2.45) is 0 Å². The largest absolute Gasteiger partial charge is 0.454 e. The molecule has 2 N–H and O–H groups in total. The van der Waals surface area contributed by atoms with Gasteiger partial charge >= 0.3 is 6.03 Å². The highest BCUT2D eigenvalue weighted by Crippen LogP contribution is 2.27. The van der Waals surface area contributed by atoms with E-state index in [2.05, 4.69) is 10.0 Å². The van der Waals surface area contributed by atoms with Crippen LogP contribution in [0.4, 0.5) is 9.18 Å². The maximum atomic E-state index is 14.5. The Kier molecular flexibility index (Phi) is 6.94. The molecule has 2 unspecified atom stereocenters. The van der Waals surface area contributed by atoms with Crippen molar-refractivity contribution < 1.29 is 22.3 Å². The molecule has 7 nitrogen and oxygen atoms in total. The van der Waals surface area contributed by atoms with Crippen LogP contribution in [-0.4, -0.2) is 44.7 Å². The Bertz CT molecular complexity index is 985. The molecule has 9 heteroatoms. The highest BCUT2D eigenvalue weighted by molar-refractivity contribution is 7.90. The van der Waals surface area contributed by atoms with Crippen LogP contribution in [0.2, 0.25) is 0 Å². The van der Waals surface area contributed by atoms with E-state index in [-0.39, 0.29) is 18.3 Å². The Morgan fingerprint density at radius 3 is 2.63 bits per heavy atom. The van der Waals surface area contributed by atoms with E-state index in [0.717, 1.165) is 0 Å². The summed E-state index contributed by atoms with van der Waals surface area (Å²) in [5.74, 6) is 0.0944. The number of urea groups is 1. The van der Waals surface area contributed by atoms with Crippen molar-refractivity contribution in [1.82, 2.24) is 14.9 Å². The molecule has 1 fully saturated rings. The summed E-state index contributed by atoms with van der Waals surface area (Å²) in [6, 6.07) is 12.6. The molecule has 1 heterocycles. The van der Waals surface area contributed by atoms with Crippen molar-refractivity contribution in [2.75, 3.05) is 20.1 Å². The summed E-state index contributed by atoms with van der Waals surface area (Å²) in [6.45, 7) is 2.35. The van der Waals surface area contributed by atoms with Gasteiger partial charge in [0.1, 0.15) is 5.75 Å². The van der Waals surface area contributed by atoms with Crippen molar-refractivity contribution in [3.05, 3.63) is 59.9 Å². The number of rotatable bonds is 6. The third kappa shape index (κ3) is 5.28. The van der Waals surface area contributed by atoms with E-state index < -0.39 is 27.1 Å². The lowest BCUT2D eigenvalue weighted by atomic mass is 10.1. The van der Waals surface area contributed by atoms with Crippen LogP contribution in [0.5, 0.6) is 11.5 Å². The number of carbonyl (C=O) groups is 1. The number of hydrogen-bond acceptors (Lipinski definition) is 4. The van der Waals surface area contributed by atoms with Gasteiger partial charge in [-0.2, -0.15) is 0 Å². The van der Waals surface area contributed by atoms with Gasteiger partial charge in [-0.1, -0.05) is 24.3 Å². The fourth-order valence-corrected chi connectivity index (χ4v) is 4.57. The van der Waals surface area contributed by atoms with Gasteiger partial charge in [0.2, 0.25) is 10.0 Å². The lowest BCUT2D eigenvalue weighted by molar-refractivity contribution is 0.184. The summed E-state index contributed by atoms with van der Waals surface area (Å²) in [5.41, 5.74) is 0.581. The van der Waals surface area contributed by atoms with Crippen LogP contribution in [0.15, 0.2) is 48.5 Å². The van der Waals surface area contributed by atoms with Crippen molar-refractivity contribution >= 4 is 16.1 Å². The van der Waals surface area contributed by atoms with Crippen LogP contribution in [0.1, 0.15) is 31.4 Å². The normalized spacial score (nSPS) is 18.0. The Balaban J connectivity index is 1.63. The number of carbonyl (C=O) groups excluding carboxylic acids is 1. The molecule has 0 radical (unpaired) electrons. The smallest absolute Gasteiger partial charge is 0.317 e. The zero-order valence-corrected chi connectivity index (χ0v) is 17.8. The molecule has 162 valence electrons. The fourth-order valence-electron chi connectivity index (χ4n) is 3.39. The van der Waals surface area contributed by atoms with E-state index in [1.54, 1.807) is 37.3 Å². The average molecular weight is 436 g/mol. The molecule has 2 atom stereocenters. The first kappa shape index (κ1) is 22.0. The monoisotopic (exact) mass is 435 g/mol. The quantitative estimate of drug-likeness (QED) is 0.728. The lowest BCUT2D eigenvalue weighted by Gasteiger charge is -2.33.